The number of likely N-dealkylation sites (tertiary alicyclic amines) is 1. The second-order valence-electron chi connectivity index (χ2n) is 13.5. The van der Waals surface area contributed by atoms with Gasteiger partial charge in [0.05, 0.1) is 24.6 Å². The van der Waals surface area contributed by atoms with Gasteiger partial charge in [-0.1, -0.05) is 42.5 Å². The molecule has 0 saturated carbocycles. The number of aromatic nitrogens is 2. The molecule has 7 rings (SSSR count). The number of rotatable bonds is 13. The summed E-state index contributed by atoms with van der Waals surface area (Å²) in [5.74, 6) is 0.562. The van der Waals surface area contributed by atoms with Crippen molar-refractivity contribution in [3.05, 3.63) is 108 Å². The van der Waals surface area contributed by atoms with Gasteiger partial charge in [-0.25, -0.2) is 9.97 Å². The molecule has 0 bridgehead atoms. The van der Waals surface area contributed by atoms with Crippen molar-refractivity contribution in [2.75, 3.05) is 75.7 Å². The lowest BCUT2D eigenvalue weighted by Crippen LogP contribution is -2.49. The van der Waals surface area contributed by atoms with Gasteiger partial charge in [-0.15, -0.1) is 0 Å². The summed E-state index contributed by atoms with van der Waals surface area (Å²) >= 11 is 0. The van der Waals surface area contributed by atoms with E-state index in [1.165, 1.54) is 5.57 Å². The fourth-order valence-electron chi connectivity index (χ4n) is 7.13. The highest BCUT2D eigenvalue weighted by atomic mass is 16.5. The molecule has 0 spiro atoms. The van der Waals surface area contributed by atoms with Crippen LogP contribution in [0.2, 0.25) is 0 Å². The van der Waals surface area contributed by atoms with Crippen molar-refractivity contribution in [2.24, 2.45) is 5.10 Å². The van der Waals surface area contributed by atoms with Crippen molar-refractivity contribution in [3.8, 4) is 11.4 Å². The molecule has 274 valence electrons. The molecular weight excluding hydrogens is 669 g/mol. The fourth-order valence-corrected chi connectivity index (χ4v) is 7.13. The minimum absolute atomic E-state index is 0.0567. The van der Waals surface area contributed by atoms with E-state index in [0.29, 0.717) is 63.7 Å². The molecule has 0 unspecified atom stereocenters. The Labute approximate surface area is 310 Å². The molecule has 1 saturated heterocycles. The van der Waals surface area contributed by atoms with Gasteiger partial charge >= 0.3 is 0 Å². The Kier molecular flexibility index (Phi) is 11.2. The molecule has 3 aliphatic rings. The van der Waals surface area contributed by atoms with E-state index in [4.69, 9.17) is 9.47 Å². The summed E-state index contributed by atoms with van der Waals surface area (Å²) in [6.07, 6.45) is 7.53. The first-order valence-corrected chi connectivity index (χ1v) is 18.2. The molecule has 0 aliphatic carbocycles. The van der Waals surface area contributed by atoms with Gasteiger partial charge < -0.3 is 25.0 Å². The van der Waals surface area contributed by atoms with E-state index in [1.54, 1.807) is 25.6 Å². The molecule has 1 aromatic heterocycles. The van der Waals surface area contributed by atoms with Crippen molar-refractivity contribution in [3.63, 3.8) is 0 Å². The second-order valence-corrected chi connectivity index (χ2v) is 13.5. The van der Waals surface area contributed by atoms with Crippen LogP contribution >= 0.6 is 0 Å². The smallest absolute Gasteiger partial charge is 0.258 e. The number of fused-ring (bicyclic) bond motifs is 1. The van der Waals surface area contributed by atoms with E-state index in [0.717, 1.165) is 52.3 Å². The van der Waals surface area contributed by atoms with E-state index >= 15 is 0 Å². The van der Waals surface area contributed by atoms with Crippen LogP contribution in [0.3, 0.4) is 0 Å². The van der Waals surface area contributed by atoms with Gasteiger partial charge in [-0.2, -0.15) is 5.10 Å². The first-order chi connectivity index (χ1) is 25.9. The standard InChI is InChI=1S/C41H46N8O4/c1-3-53-41(40(51)45-35-13-14-36-33(25-35)26-37(47-46-36)31-9-11-34(12-10-31)42-20-24-52-2)17-23-48(28-41)27-38(50)49-21-15-30(16-22-49)29-5-7-32(8-6-29)39-43-18-4-19-44-39/h4-15,18-19,25,42,46H,3,16-17,20-24,26-28H2,1-2H3,(H,45,51)/t41-/m0/s1. The van der Waals surface area contributed by atoms with Gasteiger partial charge in [0, 0.05) is 82.2 Å². The summed E-state index contributed by atoms with van der Waals surface area (Å²) in [5.41, 5.74) is 11.1. The lowest BCUT2D eigenvalue weighted by molar-refractivity contribution is -0.140. The van der Waals surface area contributed by atoms with E-state index in [2.05, 4.69) is 61.5 Å². The predicted molar refractivity (Wildman–Crippen MR) is 208 cm³/mol. The van der Waals surface area contributed by atoms with Crippen LogP contribution in [0, 0.1) is 0 Å². The average Bonchev–Trinajstić information content (AvgIpc) is 3.62. The van der Waals surface area contributed by atoms with Crippen LogP contribution in [0.1, 0.15) is 36.5 Å². The van der Waals surface area contributed by atoms with Crippen molar-refractivity contribution >= 4 is 40.2 Å². The minimum atomic E-state index is -1.04. The number of amides is 2. The van der Waals surface area contributed by atoms with E-state index < -0.39 is 5.60 Å². The molecule has 3 N–H and O–H groups in total. The predicted octanol–water partition coefficient (Wildman–Crippen LogP) is 5.31. The normalized spacial score (nSPS) is 18.4. The van der Waals surface area contributed by atoms with Gasteiger partial charge in [0.2, 0.25) is 5.91 Å². The number of nitrogens with zero attached hydrogens (tertiary/aromatic N) is 5. The maximum atomic E-state index is 13.9. The van der Waals surface area contributed by atoms with Crippen molar-refractivity contribution in [2.45, 2.75) is 31.8 Å². The molecule has 4 heterocycles. The topological polar surface area (TPSA) is 133 Å². The summed E-state index contributed by atoms with van der Waals surface area (Å²) in [6.45, 7) is 6.07. The van der Waals surface area contributed by atoms with E-state index in [1.807, 2.05) is 59.2 Å². The third-order valence-corrected chi connectivity index (χ3v) is 10.0. The number of hydrazone groups is 1. The Balaban J connectivity index is 0.930. The highest BCUT2D eigenvalue weighted by molar-refractivity contribution is 6.05. The minimum Gasteiger partial charge on any atom is -0.383 e. The zero-order valence-corrected chi connectivity index (χ0v) is 30.3. The quantitative estimate of drug-likeness (QED) is 0.158. The molecule has 4 aromatic rings. The van der Waals surface area contributed by atoms with Crippen molar-refractivity contribution < 1.29 is 19.1 Å². The maximum absolute atomic E-state index is 13.9. The fraction of sp³-hybridized carbons (Fsp3) is 0.341. The molecule has 12 nitrogen and oxygen atoms in total. The van der Waals surface area contributed by atoms with Gasteiger partial charge in [0.15, 0.2) is 11.4 Å². The number of hydrogen-bond acceptors (Lipinski definition) is 10. The molecule has 53 heavy (non-hydrogen) atoms. The van der Waals surface area contributed by atoms with Gasteiger partial charge in [0.25, 0.3) is 5.91 Å². The Morgan fingerprint density at radius 3 is 2.43 bits per heavy atom. The summed E-state index contributed by atoms with van der Waals surface area (Å²) in [4.78, 5) is 39.9. The van der Waals surface area contributed by atoms with Gasteiger partial charge in [-0.3, -0.25) is 19.9 Å². The van der Waals surface area contributed by atoms with E-state index in [9.17, 15) is 9.59 Å². The highest BCUT2D eigenvalue weighted by Gasteiger charge is 2.46. The molecule has 0 radical (unpaired) electrons. The lowest BCUT2D eigenvalue weighted by Gasteiger charge is -2.30. The number of anilines is 3. The van der Waals surface area contributed by atoms with Crippen LogP contribution < -0.4 is 16.1 Å². The van der Waals surface area contributed by atoms with Crippen molar-refractivity contribution in [1.82, 2.24) is 19.8 Å². The number of benzene rings is 3. The first-order valence-electron chi connectivity index (χ1n) is 18.2. The summed E-state index contributed by atoms with van der Waals surface area (Å²) in [5, 5.41) is 11.1. The van der Waals surface area contributed by atoms with Crippen LogP contribution in [0.25, 0.3) is 17.0 Å². The maximum Gasteiger partial charge on any atom is 0.258 e. The number of methoxy groups -OCH3 is 1. The molecule has 3 aromatic carbocycles. The molecule has 2 amide bonds. The summed E-state index contributed by atoms with van der Waals surface area (Å²) in [6, 6.07) is 24.1. The molecule has 1 fully saturated rings. The van der Waals surface area contributed by atoms with Crippen LogP contribution in [0.4, 0.5) is 17.1 Å². The lowest BCUT2D eigenvalue weighted by atomic mass is 9.98. The van der Waals surface area contributed by atoms with Crippen LogP contribution in [-0.4, -0.2) is 102 Å². The third kappa shape index (κ3) is 8.46. The number of ether oxygens (including phenoxy) is 2. The largest absolute Gasteiger partial charge is 0.383 e. The van der Waals surface area contributed by atoms with Gasteiger partial charge in [0.1, 0.15) is 0 Å². The molecular formula is C41H46N8O4. The van der Waals surface area contributed by atoms with E-state index in [-0.39, 0.29) is 18.4 Å². The third-order valence-electron chi connectivity index (χ3n) is 10.0. The van der Waals surface area contributed by atoms with Crippen molar-refractivity contribution in [1.29, 1.82) is 0 Å². The summed E-state index contributed by atoms with van der Waals surface area (Å²) < 4.78 is 11.3. The Bertz CT molecular complexity index is 1970. The summed E-state index contributed by atoms with van der Waals surface area (Å²) in [7, 11) is 1.69. The monoisotopic (exact) mass is 714 g/mol. The Morgan fingerprint density at radius 1 is 0.943 bits per heavy atom. The average molecular weight is 715 g/mol. The van der Waals surface area contributed by atoms with Gasteiger partial charge in [-0.05, 0) is 78.4 Å². The zero-order valence-electron chi connectivity index (χ0n) is 30.3. The number of carbonyl (C=O) groups is 2. The highest BCUT2D eigenvalue weighted by Crippen LogP contribution is 2.31. The second kappa shape index (κ2) is 16.5. The molecule has 1 atom stereocenters. The number of hydrogen-bond donors (Lipinski definition) is 3. The Hall–Kier alpha value is -5.43. The SMILES string of the molecule is CCO[C@@]1(C(=O)Nc2ccc3c(c2)CC(c2ccc(NCCOC)cc2)=NN3)CCN(CC(=O)N2CC=C(c3ccc(-c4ncccn4)cc3)CC2)C1. The molecule has 12 heteroatoms. The number of carbonyl (C=O) groups excluding carboxylic acids is 2. The Morgan fingerprint density at radius 2 is 1.70 bits per heavy atom. The van der Waals surface area contributed by atoms with Crippen LogP contribution in [0.15, 0.2) is 96.4 Å². The molecule has 3 aliphatic heterocycles. The number of nitrogens with one attached hydrogen (secondary N) is 3. The zero-order chi connectivity index (χ0) is 36.6. The van der Waals surface area contributed by atoms with Crippen LogP contribution in [0.5, 0.6) is 0 Å². The first kappa shape index (κ1) is 36.0. The van der Waals surface area contributed by atoms with Crippen LogP contribution in [-0.2, 0) is 25.5 Å².